The maximum absolute atomic E-state index is 13.8. The Morgan fingerprint density at radius 3 is 2.66 bits per heavy atom. The van der Waals surface area contributed by atoms with Crippen LogP contribution in [0.25, 0.3) is 6.08 Å². The van der Waals surface area contributed by atoms with Crippen LogP contribution in [-0.4, -0.2) is 23.2 Å². The van der Waals surface area contributed by atoms with Crippen LogP contribution in [0.15, 0.2) is 63.5 Å². The largest absolute Gasteiger partial charge is 0.490 e. The first-order valence-corrected chi connectivity index (χ1v) is 12.7. The summed E-state index contributed by atoms with van der Waals surface area (Å²) in [7, 11) is 0. The summed E-state index contributed by atoms with van der Waals surface area (Å²) in [6.07, 6.45) is 1.68. The predicted octanol–water partition coefficient (Wildman–Crippen LogP) is 4.89. The Morgan fingerprint density at radius 1 is 1.23 bits per heavy atom. The van der Waals surface area contributed by atoms with Crippen LogP contribution in [0.4, 0.5) is 0 Å². The maximum Gasteiger partial charge on any atom is 0.338 e. The number of carbonyl (C=O) groups is 1. The zero-order valence-corrected chi connectivity index (χ0v) is 22.0. The van der Waals surface area contributed by atoms with Crippen molar-refractivity contribution in [3.05, 3.63) is 94.6 Å². The van der Waals surface area contributed by atoms with Gasteiger partial charge in [-0.05, 0) is 63.6 Å². The van der Waals surface area contributed by atoms with Gasteiger partial charge in [0, 0.05) is 15.6 Å². The summed E-state index contributed by atoms with van der Waals surface area (Å²) < 4.78 is 13.2. The number of benzene rings is 2. The van der Waals surface area contributed by atoms with E-state index in [1.165, 1.54) is 15.9 Å². The minimum absolute atomic E-state index is 0.0560. The molecular formula is C26H24Cl2N2O4S. The van der Waals surface area contributed by atoms with E-state index >= 15 is 0 Å². The third-order valence-electron chi connectivity index (χ3n) is 5.34. The lowest BCUT2D eigenvalue weighted by Gasteiger charge is -2.25. The quantitative estimate of drug-likeness (QED) is 0.425. The number of aromatic nitrogens is 1. The Kier molecular flexibility index (Phi) is 7.50. The number of hydrogen-bond donors (Lipinski definition) is 0. The van der Waals surface area contributed by atoms with Crippen LogP contribution in [0, 0.1) is 0 Å². The highest BCUT2D eigenvalue weighted by Gasteiger charge is 2.34. The van der Waals surface area contributed by atoms with Crippen molar-refractivity contribution >= 4 is 46.6 Å². The summed E-state index contributed by atoms with van der Waals surface area (Å²) in [6.45, 7) is 7.52. The van der Waals surface area contributed by atoms with E-state index in [2.05, 4.69) is 4.99 Å². The molecule has 35 heavy (non-hydrogen) atoms. The third-order valence-corrected chi connectivity index (χ3v) is 6.90. The monoisotopic (exact) mass is 530 g/mol. The Balaban J connectivity index is 1.97. The summed E-state index contributed by atoms with van der Waals surface area (Å²) in [5.41, 5.74) is 1.75. The molecule has 3 aromatic rings. The van der Waals surface area contributed by atoms with E-state index in [0.717, 1.165) is 0 Å². The Morgan fingerprint density at radius 2 is 1.97 bits per heavy atom. The molecule has 0 spiro atoms. The molecule has 2 aromatic carbocycles. The van der Waals surface area contributed by atoms with E-state index in [9.17, 15) is 9.59 Å². The zero-order chi connectivity index (χ0) is 25.3. The van der Waals surface area contributed by atoms with Gasteiger partial charge in [0.05, 0.1) is 28.5 Å². The van der Waals surface area contributed by atoms with Gasteiger partial charge in [-0.15, -0.1) is 0 Å². The van der Waals surface area contributed by atoms with Crippen molar-refractivity contribution in [1.29, 1.82) is 0 Å². The first-order chi connectivity index (χ1) is 16.7. The van der Waals surface area contributed by atoms with Gasteiger partial charge in [-0.2, -0.15) is 0 Å². The summed E-state index contributed by atoms with van der Waals surface area (Å²) in [6, 6.07) is 11.6. The molecular weight excluding hydrogens is 507 g/mol. The molecule has 0 fully saturated rings. The van der Waals surface area contributed by atoms with Crippen LogP contribution >= 0.6 is 34.5 Å². The maximum atomic E-state index is 13.8. The molecule has 0 radical (unpaired) electrons. The first kappa shape index (κ1) is 25.2. The van der Waals surface area contributed by atoms with Crippen LogP contribution in [0.5, 0.6) is 5.75 Å². The summed E-state index contributed by atoms with van der Waals surface area (Å²) in [5, 5.41) is 0.959. The Hall–Kier alpha value is -2.87. The van der Waals surface area contributed by atoms with Crippen molar-refractivity contribution < 1.29 is 14.3 Å². The van der Waals surface area contributed by atoms with Gasteiger partial charge in [0.25, 0.3) is 5.56 Å². The number of esters is 1. The lowest BCUT2D eigenvalue weighted by Crippen LogP contribution is -2.40. The van der Waals surface area contributed by atoms with Gasteiger partial charge in [0.1, 0.15) is 11.8 Å². The number of fused-ring (bicyclic) bond motifs is 1. The van der Waals surface area contributed by atoms with E-state index < -0.39 is 12.0 Å². The molecule has 1 atom stereocenters. The molecule has 0 N–H and O–H groups in total. The van der Waals surface area contributed by atoms with Crippen molar-refractivity contribution in [2.24, 2.45) is 4.99 Å². The molecule has 9 heteroatoms. The number of thiazole rings is 1. The van der Waals surface area contributed by atoms with Gasteiger partial charge >= 0.3 is 5.97 Å². The molecule has 0 saturated carbocycles. The van der Waals surface area contributed by atoms with Crippen molar-refractivity contribution in [3.63, 3.8) is 0 Å². The molecule has 0 amide bonds. The molecule has 1 aromatic heterocycles. The molecule has 1 aliphatic heterocycles. The number of carbonyl (C=O) groups excluding carboxylic acids is 1. The van der Waals surface area contributed by atoms with Gasteiger partial charge in [-0.3, -0.25) is 9.36 Å². The summed E-state index contributed by atoms with van der Waals surface area (Å²) >= 11 is 14.0. The highest BCUT2D eigenvalue weighted by atomic mass is 35.5. The molecule has 2 heterocycles. The molecule has 0 unspecified atom stereocenters. The van der Waals surface area contributed by atoms with E-state index in [1.807, 2.05) is 19.9 Å². The fraction of sp³-hybridized carbons (Fsp3) is 0.269. The van der Waals surface area contributed by atoms with Crippen LogP contribution in [0.3, 0.4) is 0 Å². The second-order valence-electron chi connectivity index (χ2n) is 8.17. The summed E-state index contributed by atoms with van der Waals surface area (Å²) in [4.78, 5) is 31.8. The molecule has 0 saturated heterocycles. The van der Waals surface area contributed by atoms with Crippen molar-refractivity contribution in [2.45, 2.75) is 39.8 Å². The van der Waals surface area contributed by atoms with E-state index in [-0.39, 0.29) is 23.8 Å². The topological polar surface area (TPSA) is 69.9 Å². The van der Waals surface area contributed by atoms with Crippen molar-refractivity contribution in [3.8, 4) is 5.75 Å². The van der Waals surface area contributed by atoms with E-state index in [0.29, 0.717) is 42.0 Å². The average Bonchev–Trinajstić information content (AvgIpc) is 3.09. The first-order valence-electron chi connectivity index (χ1n) is 11.1. The fourth-order valence-corrected chi connectivity index (χ4v) is 5.37. The van der Waals surface area contributed by atoms with Gasteiger partial charge in [-0.1, -0.05) is 52.7 Å². The standard InChI is InChI=1S/C26H24Cl2N2O4S/c1-5-33-25(32)22-15(4)29-26-30(23(22)18-8-6-7-9-19(18)28)24(31)21(35-26)13-16-12-17(27)10-11-20(16)34-14(2)3/h6-14,23H,5H2,1-4H3/b21-13-/t23-/m1/s1. The molecule has 182 valence electrons. The highest BCUT2D eigenvalue weighted by molar-refractivity contribution is 7.07. The zero-order valence-electron chi connectivity index (χ0n) is 19.7. The molecule has 6 nitrogen and oxygen atoms in total. The van der Waals surface area contributed by atoms with E-state index in [4.69, 9.17) is 32.7 Å². The van der Waals surface area contributed by atoms with E-state index in [1.54, 1.807) is 56.3 Å². The number of ether oxygens (including phenoxy) is 2. The number of halogens is 2. The van der Waals surface area contributed by atoms with Crippen molar-refractivity contribution in [1.82, 2.24) is 4.57 Å². The number of nitrogens with zero attached hydrogens (tertiary/aromatic N) is 2. The lowest BCUT2D eigenvalue weighted by molar-refractivity contribution is -0.139. The highest BCUT2D eigenvalue weighted by Crippen LogP contribution is 2.34. The van der Waals surface area contributed by atoms with Gasteiger partial charge < -0.3 is 9.47 Å². The number of rotatable bonds is 6. The third kappa shape index (κ3) is 5.08. The summed E-state index contributed by atoms with van der Waals surface area (Å²) in [5.74, 6) is 0.0803. The normalized spacial score (nSPS) is 15.7. The van der Waals surface area contributed by atoms with Crippen LogP contribution < -0.4 is 19.6 Å². The molecule has 1 aliphatic rings. The number of allylic oxidation sites excluding steroid dienone is 1. The Bertz CT molecular complexity index is 1500. The lowest BCUT2D eigenvalue weighted by atomic mass is 9.96. The number of hydrogen-bond acceptors (Lipinski definition) is 6. The molecule has 0 bridgehead atoms. The van der Waals surface area contributed by atoms with Crippen LogP contribution in [0.2, 0.25) is 10.0 Å². The minimum atomic E-state index is -0.771. The molecule has 0 aliphatic carbocycles. The fourth-order valence-electron chi connectivity index (χ4n) is 3.92. The van der Waals surface area contributed by atoms with Crippen LogP contribution in [-0.2, 0) is 9.53 Å². The van der Waals surface area contributed by atoms with Gasteiger partial charge in [0.2, 0.25) is 0 Å². The SMILES string of the molecule is CCOC(=O)C1=C(C)N=c2s/c(=C\c3cc(Cl)ccc3OC(C)C)c(=O)n2[C@@H]1c1ccccc1Cl. The molecule has 4 rings (SSSR count). The Labute approximate surface area is 216 Å². The van der Waals surface area contributed by atoms with Crippen LogP contribution in [0.1, 0.15) is 44.9 Å². The van der Waals surface area contributed by atoms with Crippen molar-refractivity contribution in [2.75, 3.05) is 6.61 Å². The average molecular weight is 531 g/mol. The second kappa shape index (κ2) is 10.4. The second-order valence-corrected chi connectivity index (χ2v) is 10.0. The minimum Gasteiger partial charge on any atom is -0.490 e. The van der Waals surface area contributed by atoms with Gasteiger partial charge in [-0.25, -0.2) is 9.79 Å². The predicted molar refractivity (Wildman–Crippen MR) is 139 cm³/mol. The van der Waals surface area contributed by atoms with Gasteiger partial charge in [0.15, 0.2) is 4.80 Å². The smallest absolute Gasteiger partial charge is 0.338 e.